The average molecular weight is 156 g/mol. The highest BCUT2D eigenvalue weighted by Gasteiger charge is 2.28. The molecule has 2 aliphatic rings. The molecule has 0 aromatic heterocycles. The number of ether oxygens (including phenoxy) is 1. The van der Waals surface area contributed by atoms with Gasteiger partial charge in [0.05, 0.1) is 12.7 Å². The molecule has 64 valence electrons. The van der Waals surface area contributed by atoms with E-state index in [1.165, 1.54) is 6.54 Å². The first kappa shape index (κ1) is 7.53. The molecule has 0 spiro atoms. The number of rotatable bonds is 0. The summed E-state index contributed by atoms with van der Waals surface area (Å²) >= 11 is 0. The Hall–Kier alpha value is -0.120. The van der Waals surface area contributed by atoms with Crippen molar-refractivity contribution in [2.45, 2.75) is 19.1 Å². The summed E-state index contributed by atoms with van der Waals surface area (Å²) in [5.74, 6) is 0. The highest BCUT2D eigenvalue weighted by Crippen LogP contribution is 2.12. The van der Waals surface area contributed by atoms with Crippen LogP contribution in [0.3, 0.4) is 0 Å². The van der Waals surface area contributed by atoms with E-state index >= 15 is 0 Å². The van der Waals surface area contributed by atoms with Gasteiger partial charge in [-0.1, -0.05) is 0 Å². The minimum atomic E-state index is 0.435. The van der Waals surface area contributed by atoms with E-state index in [4.69, 9.17) is 4.74 Å². The van der Waals surface area contributed by atoms with Crippen LogP contribution in [0.4, 0.5) is 0 Å². The van der Waals surface area contributed by atoms with Crippen molar-refractivity contribution in [3.8, 4) is 0 Å². The second kappa shape index (κ2) is 3.09. The zero-order valence-corrected chi connectivity index (χ0v) is 7.05. The monoisotopic (exact) mass is 156 g/mol. The molecule has 0 bridgehead atoms. The summed E-state index contributed by atoms with van der Waals surface area (Å²) in [6.45, 7) is 7.62. The van der Waals surface area contributed by atoms with E-state index in [2.05, 4.69) is 17.1 Å². The van der Waals surface area contributed by atoms with Gasteiger partial charge in [-0.2, -0.15) is 0 Å². The first-order valence-electron chi connectivity index (χ1n) is 4.42. The molecular formula is C8H16N2O. The summed E-state index contributed by atoms with van der Waals surface area (Å²) in [6.07, 6.45) is 0.435. The first-order valence-corrected chi connectivity index (χ1v) is 4.42. The van der Waals surface area contributed by atoms with Crippen LogP contribution < -0.4 is 5.32 Å². The van der Waals surface area contributed by atoms with Gasteiger partial charge in [-0.3, -0.25) is 4.90 Å². The van der Waals surface area contributed by atoms with Crippen LogP contribution in [0.1, 0.15) is 6.92 Å². The van der Waals surface area contributed by atoms with Crippen molar-refractivity contribution in [3.63, 3.8) is 0 Å². The molecule has 2 heterocycles. The molecule has 0 saturated carbocycles. The zero-order valence-electron chi connectivity index (χ0n) is 7.05. The molecule has 2 saturated heterocycles. The van der Waals surface area contributed by atoms with Crippen LogP contribution in [0.2, 0.25) is 0 Å². The Balaban J connectivity index is 1.93. The number of fused-ring (bicyclic) bond motifs is 1. The van der Waals surface area contributed by atoms with Crippen LogP contribution in [0, 0.1) is 0 Å². The van der Waals surface area contributed by atoms with Crippen molar-refractivity contribution in [1.82, 2.24) is 10.2 Å². The molecule has 0 amide bonds. The number of nitrogens with one attached hydrogen (secondary N) is 1. The number of piperazine rings is 1. The quantitative estimate of drug-likeness (QED) is 0.520. The van der Waals surface area contributed by atoms with E-state index in [1.807, 2.05) is 0 Å². The molecule has 2 aliphatic heterocycles. The minimum Gasteiger partial charge on any atom is -0.376 e. The van der Waals surface area contributed by atoms with Crippen LogP contribution in [0.5, 0.6) is 0 Å². The summed E-state index contributed by atoms with van der Waals surface area (Å²) < 4.78 is 5.57. The fraction of sp³-hybridized carbons (Fsp3) is 1.00. The van der Waals surface area contributed by atoms with Crippen LogP contribution in [0.15, 0.2) is 0 Å². The summed E-state index contributed by atoms with van der Waals surface area (Å²) in [4.78, 5) is 2.53. The normalized spacial score (nSPS) is 40.1. The van der Waals surface area contributed by atoms with E-state index in [0.29, 0.717) is 12.1 Å². The van der Waals surface area contributed by atoms with E-state index in [-0.39, 0.29) is 0 Å². The Morgan fingerprint density at radius 3 is 3.36 bits per heavy atom. The predicted molar refractivity (Wildman–Crippen MR) is 43.6 cm³/mol. The molecule has 2 rings (SSSR count). The molecular weight excluding hydrogens is 140 g/mol. The second-order valence-electron chi connectivity index (χ2n) is 3.50. The molecule has 0 aliphatic carbocycles. The molecule has 3 nitrogen and oxygen atoms in total. The Morgan fingerprint density at radius 2 is 2.45 bits per heavy atom. The lowest BCUT2D eigenvalue weighted by Crippen LogP contribution is -2.58. The molecule has 2 fully saturated rings. The smallest absolute Gasteiger partial charge is 0.0674 e. The van der Waals surface area contributed by atoms with Gasteiger partial charge in [0.15, 0.2) is 0 Å². The van der Waals surface area contributed by atoms with Gasteiger partial charge in [0, 0.05) is 32.2 Å². The van der Waals surface area contributed by atoms with E-state index in [0.717, 1.165) is 26.2 Å². The van der Waals surface area contributed by atoms with Crippen molar-refractivity contribution in [2.24, 2.45) is 0 Å². The molecule has 0 aromatic rings. The highest BCUT2D eigenvalue weighted by atomic mass is 16.5. The molecule has 11 heavy (non-hydrogen) atoms. The fourth-order valence-corrected chi connectivity index (χ4v) is 1.87. The van der Waals surface area contributed by atoms with Gasteiger partial charge in [-0.15, -0.1) is 0 Å². The summed E-state index contributed by atoms with van der Waals surface area (Å²) in [7, 11) is 0. The average Bonchev–Trinajstić information content (AvgIpc) is 2.04. The summed E-state index contributed by atoms with van der Waals surface area (Å²) in [5.41, 5.74) is 0. The Kier molecular flexibility index (Phi) is 2.11. The largest absolute Gasteiger partial charge is 0.376 e. The number of morpholine rings is 1. The van der Waals surface area contributed by atoms with Gasteiger partial charge < -0.3 is 10.1 Å². The third kappa shape index (κ3) is 1.55. The topological polar surface area (TPSA) is 24.5 Å². The van der Waals surface area contributed by atoms with Crippen LogP contribution in [-0.2, 0) is 4.74 Å². The van der Waals surface area contributed by atoms with Crippen LogP contribution in [0.25, 0.3) is 0 Å². The Bertz CT molecular complexity index is 140. The van der Waals surface area contributed by atoms with Gasteiger partial charge in [0.1, 0.15) is 0 Å². The van der Waals surface area contributed by atoms with Crippen molar-refractivity contribution in [3.05, 3.63) is 0 Å². The van der Waals surface area contributed by atoms with Crippen molar-refractivity contribution in [2.75, 3.05) is 32.8 Å². The number of nitrogens with zero attached hydrogens (tertiary/aromatic N) is 1. The molecule has 0 aromatic carbocycles. The zero-order chi connectivity index (χ0) is 7.68. The van der Waals surface area contributed by atoms with Gasteiger partial charge in [0.2, 0.25) is 0 Å². The maximum atomic E-state index is 5.57. The molecule has 3 heteroatoms. The molecule has 1 N–H and O–H groups in total. The molecule has 2 atom stereocenters. The number of hydrogen-bond donors (Lipinski definition) is 1. The number of hydrogen-bond acceptors (Lipinski definition) is 3. The Labute approximate surface area is 67.7 Å². The van der Waals surface area contributed by atoms with Gasteiger partial charge in [-0.25, -0.2) is 0 Å². The minimum absolute atomic E-state index is 0.435. The maximum absolute atomic E-state index is 5.57. The van der Waals surface area contributed by atoms with Gasteiger partial charge in [-0.05, 0) is 6.92 Å². The SMILES string of the molecule is C[C@H]1CN2CCNC[C@H]2CO1. The lowest BCUT2D eigenvalue weighted by molar-refractivity contribution is -0.0616. The van der Waals surface area contributed by atoms with E-state index < -0.39 is 0 Å². The maximum Gasteiger partial charge on any atom is 0.0674 e. The fourth-order valence-electron chi connectivity index (χ4n) is 1.87. The first-order chi connectivity index (χ1) is 5.36. The van der Waals surface area contributed by atoms with Crippen molar-refractivity contribution >= 4 is 0 Å². The van der Waals surface area contributed by atoms with Gasteiger partial charge in [0.25, 0.3) is 0 Å². The molecule has 0 unspecified atom stereocenters. The third-order valence-electron chi connectivity index (χ3n) is 2.54. The lowest BCUT2D eigenvalue weighted by Gasteiger charge is -2.41. The third-order valence-corrected chi connectivity index (χ3v) is 2.54. The predicted octanol–water partition coefficient (Wildman–Crippen LogP) is -0.321. The second-order valence-corrected chi connectivity index (χ2v) is 3.50. The molecule has 0 radical (unpaired) electrons. The Morgan fingerprint density at radius 1 is 1.55 bits per heavy atom. The van der Waals surface area contributed by atoms with Crippen molar-refractivity contribution in [1.29, 1.82) is 0 Å². The van der Waals surface area contributed by atoms with E-state index in [9.17, 15) is 0 Å². The van der Waals surface area contributed by atoms with E-state index in [1.54, 1.807) is 0 Å². The highest BCUT2D eigenvalue weighted by molar-refractivity contribution is 4.83. The summed E-state index contributed by atoms with van der Waals surface area (Å²) in [6, 6.07) is 0.639. The lowest BCUT2D eigenvalue weighted by atomic mass is 10.1. The van der Waals surface area contributed by atoms with Crippen LogP contribution in [-0.4, -0.2) is 49.8 Å². The van der Waals surface area contributed by atoms with Crippen LogP contribution >= 0.6 is 0 Å². The summed E-state index contributed by atoms with van der Waals surface area (Å²) in [5, 5.41) is 3.38. The van der Waals surface area contributed by atoms with Crippen molar-refractivity contribution < 1.29 is 4.74 Å². The standard InChI is InChI=1S/C8H16N2O/c1-7-5-10-3-2-9-4-8(10)6-11-7/h7-9H,2-6H2,1H3/t7-,8-/m0/s1. The van der Waals surface area contributed by atoms with Gasteiger partial charge >= 0.3 is 0 Å².